The van der Waals surface area contributed by atoms with Gasteiger partial charge in [-0.05, 0) is 46.0 Å². The standard InChI is InChI=1S/C16H29N3S/c1-12-13(11-17-15(2,3)4)20-14(18-12)19-9-7-16(5,6)8-10-19/h17H,7-11H2,1-6H3. The topological polar surface area (TPSA) is 28.2 Å². The second kappa shape index (κ2) is 5.64. The van der Waals surface area contributed by atoms with Gasteiger partial charge in [-0.2, -0.15) is 0 Å². The van der Waals surface area contributed by atoms with Crippen LogP contribution in [0.15, 0.2) is 0 Å². The highest BCUT2D eigenvalue weighted by Crippen LogP contribution is 2.34. The van der Waals surface area contributed by atoms with Crippen molar-refractivity contribution in [1.29, 1.82) is 0 Å². The minimum absolute atomic E-state index is 0.158. The average Bonchev–Trinajstić information content (AvgIpc) is 2.67. The molecule has 0 bridgehead atoms. The molecule has 1 aromatic rings. The monoisotopic (exact) mass is 295 g/mol. The summed E-state index contributed by atoms with van der Waals surface area (Å²) in [6.45, 7) is 16.7. The lowest BCUT2D eigenvalue weighted by Gasteiger charge is -2.36. The molecule has 0 spiro atoms. The highest BCUT2D eigenvalue weighted by molar-refractivity contribution is 7.15. The fraction of sp³-hybridized carbons (Fsp3) is 0.812. The van der Waals surface area contributed by atoms with Crippen LogP contribution in [0.5, 0.6) is 0 Å². The second-order valence-electron chi connectivity index (χ2n) is 7.76. The lowest BCUT2D eigenvalue weighted by atomic mass is 9.83. The van der Waals surface area contributed by atoms with Crippen molar-refractivity contribution in [3.8, 4) is 0 Å². The number of anilines is 1. The molecular weight excluding hydrogens is 266 g/mol. The maximum absolute atomic E-state index is 4.79. The number of thiazole rings is 1. The Morgan fingerprint density at radius 1 is 1.25 bits per heavy atom. The van der Waals surface area contributed by atoms with Crippen molar-refractivity contribution in [3.05, 3.63) is 10.6 Å². The Labute approximate surface area is 127 Å². The predicted octanol–water partition coefficient (Wildman–Crippen LogP) is 3.97. The van der Waals surface area contributed by atoms with Crippen LogP contribution in [-0.4, -0.2) is 23.6 Å². The normalized spacial score (nSPS) is 19.4. The van der Waals surface area contributed by atoms with Crippen molar-refractivity contribution >= 4 is 16.5 Å². The molecule has 1 aromatic heterocycles. The van der Waals surface area contributed by atoms with Crippen LogP contribution >= 0.6 is 11.3 Å². The third-order valence-corrected chi connectivity index (χ3v) is 5.27. The van der Waals surface area contributed by atoms with E-state index < -0.39 is 0 Å². The molecule has 114 valence electrons. The van der Waals surface area contributed by atoms with Gasteiger partial charge in [0.15, 0.2) is 5.13 Å². The van der Waals surface area contributed by atoms with Gasteiger partial charge in [0.2, 0.25) is 0 Å². The van der Waals surface area contributed by atoms with Crippen molar-refractivity contribution in [2.45, 2.75) is 66.5 Å². The smallest absolute Gasteiger partial charge is 0.185 e. The molecule has 3 nitrogen and oxygen atoms in total. The Morgan fingerprint density at radius 2 is 1.85 bits per heavy atom. The summed E-state index contributed by atoms with van der Waals surface area (Å²) in [5, 5.41) is 4.77. The van der Waals surface area contributed by atoms with Crippen molar-refractivity contribution < 1.29 is 0 Å². The molecule has 0 atom stereocenters. The van der Waals surface area contributed by atoms with Crippen molar-refractivity contribution in [3.63, 3.8) is 0 Å². The van der Waals surface area contributed by atoms with Crippen molar-refractivity contribution in [2.75, 3.05) is 18.0 Å². The van der Waals surface area contributed by atoms with Gasteiger partial charge in [0.05, 0.1) is 5.69 Å². The molecule has 0 unspecified atom stereocenters. The minimum Gasteiger partial charge on any atom is -0.348 e. The first kappa shape index (κ1) is 15.8. The van der Waals surface area contributed by atoms with Gasteiger partial charge < -0.3 is 10.2 Å². The Balaban J connectivity index is 2.00. The van der Waals surface area contributed by atoms with E-state index in [-0.39, 0.29) is 5.54 Å². The highest BCUT2D eigenvalue weighted by atomic mass is 32.1. The zero-order valence-corrected chi connectivity index (χ0v) is 14.7. The summed E-state index contributed by atoms with van der Waals surface area (Å²) in [5.74, 6) is 0. The fourth-order valence-corrected chi connectivity index (χ4v) is 3.41. The van der Waals surface area contributed by atoms with Crippen LogP contribution in [0.2, 0.25) is 0 Å². The highest BCUT2D eigenvalue weighted by Gasteiger charge is 2.27. The minimum atomic E-state index is 0.158. The van der Waals surface area contributed by atoms with E-state index in [0.29, 0.717) is 5.41 Å². The zero-order chi connectivity index (χ0) is 15.0. The maximum Gasteiger partial charge on any atom is 0.185 e. The fourth-order valence-electron chi connectivity index (χ4n) is 2.36. The van der Waals surface area contributed by atoms with Gasteiger partial charge in [-0.15, -0.1) is 11.3 Å². The number of nitrogens with zero attached hydrogens (tertiary/aromatic N) is 2. The molecule has 0 aromatic carbocycles. The molecule has 1 aliphatic heterocycles. The van der Waals surface area contributed by atoms with Crippen LogP contribution in [0.4, 0.5) is 5.13 Å². The number of aryl methyl sites for hydroxylation is 1. The molecule has 0 radical (unpaired) electrons. The molecule has 1 N–H and O–H groups in total. The SMILES string of the molecule is Cc1nc(N2CCC(C)(C)CC2)sc1CNC(C)(C)C. The van der Waals surface area contributed by atoms with Crippen molar-refractivity contribution in [2.24, 2.45) is 5.41 Å². The van der Waals surface area contributed by atoms with E-state index in [0.717, 1.165) is 19.6 Å². The zero-order valence-electron chi connectivity index (χ0n) is 13.8. The van der Waals surface area contributed by atoms with E-state index in [1.54, 1.807) is 0 Å². The predicted molar refractivity (Wildman–Crippen MR) is 88.7 cm³/mol. The summed E-state index contributed by atoms with van der Waals surface area (Å²) >= 11 is 1.86. The molecule has 0 saturated carbocycles. The Morgan fingerprint density at radius 3 is 2.40 bits per heavy atom. The summed E-state index contributed by atoms with van der Waals surface area (Å²) < 4.78 is 0. The van der Waals surface area contributed by atoms with E-state index in [4.69, 9.17) is 4.98 Å². The summed E-state index contributed by atoms with van der Waals surface area (Å²) in [5.41, 5.74) is 1.84. The van der Waals surface area contributed by atoms with Gasteiger partial charge >= 0.3 is 0 Å². The van der Waals surface area contributed by atoms with Crippen molar-refractivity contribution in [1.82, 2.24) is 10.3 Å². The Bertz CT molecular complexity index is 447. The number of hydrogen-bond acceptors (Lipinski definition) is 4. The van der Waals surface area contributed by atoms with Crippen LogP contribution in [0, 0.1) is 12.3 Å². The van der Waals surface area contributed by atoms with Gasteiger partial charge in [-0.1, -0.05) is 13.8 Å². The third-order valence-electron chi connectivity index (χ3n) is 4.05. The number of aromatic nitrogens is 1. The van der Waals surface area contributed by atoms with E-state index in [2.05, 4.69) is 51.8 Å². The molecule has 2 heterocycles. The summed E-state index contributed by atoms with van der Waals surface area (Å²) in [7, 11) is 0. The van der Waals surface area contributed by atoms with Gasteiger partial charge in [0.25, 0.3) is 0 Å². The Hall–Kier alpha value is -0.610. The van der Waals surface area contributed by atoms with E-state index in [1.807, 2.05) is 11.3 Å². The largest absolute Gasteiger partial charge is 0.348 e. The molecule has 0 amide bonds. The lowest BCUT2D eigenvalue weighted by molar-refractivity contribution is 0.279. The Kier molecular flexibility index (Phi) is 4.45. The molecule has 4 heteroatoms. The van der Waals surface area contributed by atoms with Gasteiger partial charge in [-0.3, -0.25) is 0 Å². The molecule has 1 saturated heterocycles. The van der Waals surface area contributed by atoms with E-state index in [9.17, 15) is 0 Å². The van der Waals surface area contributed by atoms with Gasteiger partial charge in [-0.25, -0.2) is 4.98 Å². The lowest BCUT2D eigenvalue weighted by Crippen LogP contribution is -2.37. The van der Waals surface area contributed by atoms with E-state index in [1.165, 1.54) is 28.5 Å². The first-order valence-corrected chi connectivity index (χ1v) is 8.44. The summed E-state index contributed by atoms with van der Waals surface area (Å²) in [6.07, 6.45) is 2.53. The summed E-state index contributed by atoms with van der Waals surface area (Å²) in [4.78, 5) is 8.62. The molecule has 20 heavy (non-hydrogen) atoms. The maximum atomic E-state index is 4.79. The first-order chi connectivity index (χ1) is 9.16. The first-order valence-electron chi connectivity index (χ1n) is 7.63. The quantitative estimate of drug-likeness (QED) is 0.914. The van der Waals surface area contributed by atoms with Crippen LogP contribution in [0.25, 0.3) is 0 Å². The van der Waals surface area contributed by atoms with Crippen LogP contribution < -0.4 is 10.2 Å². The number of hydrogen-bond donors (Lipinski definition) is 1. The number of piperidine rings is 1. The number of nitrogens with one attached hydrogen (secondary N) is 1. The van der Waals surface area contributed by atoms with Crippen LogP contribution in [0.1, 0.15) is 58.0 Å². The molecule has 1 fully saturated rings. The number of rotatable bonds is 3. The molecular formula is C16H29N3S. The molecule has 2 rings (SSSR count). The van der Waals surface area contributed by atoms with Crippen LogP contribution in [0.3, 0.4) is 0 Å². The molecule has 1 aliphatic rings. The third kappa shape index (κ3) is 4.19. The van der Waals surface area contributed by atoms with E-state index >= 15 is 0 Å². The van der Waals surface area contributed by atoms with Gasteiger partial charge in [0.1, 0.15) is 0 Å². The summed E-state index contributed by atoms with van der Waals surface area (Å²) in [6, 6.07) is 0. The average molecular weight is 295 g/mol. The second-order valence-corrected chi connectivity index (χ2v) is 8.82. The molecule has 0 aliphatic carbocycles. The van der Waals surface area contributed by atoms with Gasteiger partial charge in [0, 0.05) is 30.1 Å². The van der Waals surface area contributed by atoms with Crippen LogP contribution in [-0.2, 0) is 6.54 Å².